The minimum atomic E-state index is 0.630. The summed E-state index contributed by atoms with van der Waals surface area (Å²) in [6, 6.07) is 0. The lowest BCUT2D eigenvalue weighted by molar-refractivity contribution is 1.06. The molecule has 2 aromatic rings. The van der Waals surface area contributed by atoms with Crippen molar-refractivity contribution in [2.24, 2.45) is 0 Å². The Balaban J connectivity index is 1.93. The molecule has 15 heavy (non-hydrogen) atoms. The maximum absolute atomic E-state index is 5.55. The zero-order valence-corrected chi connectivity index (χ0v) is 10.7. The molecule has 6 heteroatoms. The van der Waals surface area contributed by atoms with Crippen LogP contribution in [-0.4, -0.2) is 9.97 Å². The third-order valence-corrected chi connectivity index (χ3v) is 4.86. The maximum atomic E-state index is 5.55. The van der Waals surface area contributed by atoms with Crippen molar-refractivity contribution < 1.29 is 0 Å². The third-order valence-electron chi connectivity index (χ3n) is 1.77. The Labute approximate surface area is 101 Å². The van der Waals surface area contributed by atoms with Gasteiger partial charge in [0.25, 0.3) is 0 Å². The molecule has 2 heterocycles. The summed E-state index contributed by atoms with van der Waals surface area (Å²) in [6.45, 7) is 2.12. The first-order valence-corrected chi connectivity index (χ1v) is 7.23. The molecule has 0 aliphatic heterocycles. The normalized spacial score (nSPS) is 10.7. The smallest absolute Gasteiger partial charge is 0.181 e. The number of nitrogens with two attached hydrogens (primary N) is 1. The molecule has 0 aromatic carbocycles. The summed E-state index contributed by atoms with van der Waals surface area (Å²) in [5, 5.41) is 3.95. The molecule has 0 saturated carbocycles. The van der Waals surface area contributed by atoms with Gasteiger partial charge in [-0.25, -0.2) is 9.97 Å². The van der Waals surface area contributed by atoms with Gasteiger partial charge in [-0.3, -0.25) is 0 Å². The van der Waals surface area contributed by atoms with E-state index in [1.54, 1.807) is 23.1 Å². The van der Waals surface area contributed by atoms with E-state index in [1.807, 2.05) is 6.20 Å². The van der Waals surface area contributed by atoms with Crippen molar-refractivity contribution in [2.75, 3.05) is 5.73 Å². The van der Waals surface area contributed by atoms with E-state index in [2.05, 4.69) is 22.3 Å². The molecule has 0 amide bonds. The second kappa shape index (κ2) is 4.96. The molecule has 0 atom stereocenters. The molecule has 0 bridgehead atoms. The fourth-order valence-electron chi connectivity index (χ4n) is 1.06. The van der Waals surface area contributed by atoms with E-state index < -0.39 is 0 Å². The summed E-state index contributed by atoms with van der Waals surface area (Å²) in [6.07, 6.45) is 2.83. The first-order chi connectivity index (χ1) is 7.28. The number of aromatic nitrogens is 2. The van der Waals surface area contributed by atoms with Crippen LogP contribution in [0.4, 0.5) is 5.13 Å². The summed E-state index contributed by atoms with van der Waals surface area (Å²) in [5.74, 6) is 0.901. The van der Waals surface area contributed by atoms with E-state index in [-0.39, 0.29) is 0 Å². The van der Waals surface area contributed by atoms with E-state index >= 15 is 0 Å². The van der Waals surface area contributed by atoms with Crippen molar-refractivity contribution in [3.8, 4) is 0 Å². The Bertz CT molecular complexity index is 435. The van der Waals surface area contributed by atoms with Crippen LogP contribution in [0.2, 0.25) is 0 Å². The van der Waals surface area contributed by atoms with Crippen LogP contribution in [0.3, 0.4) is 0 Å². The number of nitrogen functional groups attached to an aromatic ring is 1. The topological polar surface area (TPSA) is 51.8 Å². The van der Waals surface area contributed by atoms with Crippen LogP contribution in [-0.2, 0) is 12.2 Å². The minimum Gasteiger partial charge on any atom is -0.375 e. The Morgan fingerprint density at radius 1 is 1.53 bits per heavy atom. The van der Waals surface area contributed by atoms with Gasteiger partial charge in [0.15, 0.2) is 5.13 Å². The number of hydrogen-bond acceptors (Lipinski definition) is 6. The van der Waals surface area contributed by atoms with Gasteiger partial charge in [0, 0.05) is 11.1 Å². The van der Waals surface area contributed by atoms with Gasteiger partial charge >= 0.3 is 0 Å². The van der Waals surface area contributed by atoms with E-state index in [4.69, 9.17) is 5.73 Å². The number of aryl methyl sites for hydroxylation is 1. The van der Waals surface area contributed by atoms with Crippen LogP contribution < -0.4 is 5.73 Å². The van der Waals surface area contributed by atoms with E-state index in [1.165, 1.54) is 16.3 Å². The number of anilines is 1. The van der Waals surface area contributed by atoms with Gasteiger partial charge in [-0.05, 0) is 6.42 Å². The molecule has 0 saturated heterocycles. The Morgan fingerprint density at radius 3 is 3.00 bits per heavy atom. The number of hydrogen-bond donors (Lipinski definition) is 1. The van der Waals surface area contributed by atoms with Crippen molar-refractivity contribution in [1.82, 2.24) is 9.97 Å². The van der Waals surface area contributed by atoms with Gasteiger partial charge in [0.05, 0.1) is 21.1 Å². The number of nitrogens with zero attached hydrogens (tertiary/aromatic N) is 2. The number of rotatable bonds is 4. The lowest BCUT2D eigenvalue weighted by Gasteiger charge is -1.92. The van der Waals surface area contributed by atoms with Crippen molar-refractivity contribution >= 4 is 39.6 Å². The maximum Gasteiger partial charge on any atom is 0.181 e. The summed E-state index contributed by atoms with van der Waals surface area (Å²) < 4.78 is 1.15. The average Bonchev–Trinajstić information content (AvgIpc) is 2.83. The zero-order chi connectivity index (χ0) is 10.7. The summed E-state index contributed by atoms with van der Waals surface area (Å²) in [5.41, 5.74) is 6.70. The molecule has 0 spiro atoms. The van der Waals surface area contributed by atoms with Crippen molar-refractivity contribution in [1.29, 1.82) is 0 Å². The fraction of sp³-hybridized carbons (Fsp3) is 0.333. The quantitative estimate of drug-likeness (QED) is 0.855. The van der Waals surface area contributed by atoms with Gasteiger partial charge in [0.2, 0.25) is 0 Å². The van der Waals surface area contributed by atoms with E-state index in [0.717, 1.165) is 22.1 Å². The van der Waals surface area contributed by atoms with Crippen molar-refractivity contribution in [3.05, 3.63) is 22.3 Å². The summed E-state index contributed by atoms with van der Waals surface area (Å²) >= 11 is 4.99. The highest BCUT2D eigenvalue weighted by Crippen LogP contribution is 2.29. The molecule has 0 aliphatic rings. The number of thiazole rings is 2. The molecule has 0 fully saturated rings. The molecule has 2 aromatic heterocycles. The highest BCUT2D eigenvalue weighted by molar-refractivity contribution is 8.00. The Morgan fingerprint density at radius 2 is 2.40 bits per heavy atom. The van der Waals surface area contributed by atoms with Crippen LogP contribution in [0, 0.1) is 0 Å². The largest absolute Gasteiger partial charge is 0.375 e. The van der Waals surface area contributed by atoms with Crippen LogP contribution in [0.25, 0.3) is 0 Å². The van der Waals surface area contributed by atoms with Crippen LogP contribution >= 0.6 is 34.4 Å². The molecular weight excluding hydrogens is 246 g/mol. The average molecular weight is 257 g/mol. The SMILES string of the molecule is CCc1nc(CSc2cnc(N)s2)cs1. The predicted molar refractivity (Wildman–Crippen MR) is 67.6 cm³/mol. The first-order valence-electron chi connectivity index (χ1n) is 4.55. The molecule has 0 radical (unpaired) electrons. The monoisotopic (exact) mass is 257 g/mol. The Kier molecular flexibility index (Phi) is 3.61. The van der Waals surface area contributed by atoms with Crippen LogP contribution in [0.5, 0.6) is 0 Å². The lowest BCUT2D eigenvalue weighted by atomic mass is 10.5. The Hall–Kier alpha value is -0.590. The molecule has 80 valence electrons. The van der Waals surface area contributed by atoms with E-state index in [0.29, 0.717) is 5.13 Å². The van der Waals surface area contributed by atoms with Crippen molar-refractivity contribution in [3.63, 3.8) is 0 Å². The molecule has 0 unspecified atom stereocenters. The van der Waals surface area contributed by atoms with Gasteiger partial charge in [-0.2, -0.15) is 0 Å². The van der Waals surface area contributed by atoms with E-state index in [9.17, 15) is 0 Å². The van der Waals surface area contributed by atoms with Gasteiger partial charge in [-0.15, -0.1) is 23.1 Å². The minimum absolute atomic E-state index is 0.630. The van der Waals surface area contributed by atoms with Gasteiger partial charge in [0.1, 0.15) is 0 Å². The van der Waals surface area contributed by atoms with Crippen LogP contribution in [0.1, 0.15) is 17.6 Å². The standard InChI is InChI=1S/C9H11N3S3/c1-2-7-12-6(4-13-7)5-14-8-3-11-9(10)15-8/h3-4H,2,5H2,1H3,(H2,10,11). The third kappa shape index (κ3) is 2.93. The highest BCUT2D eigenvalue weighted by Gasteiger charge is 2.03. The summed E-state index contributed by atoms with van der Waals surface area (Å²) in [7, 11) is 0. The zero-order valence-electron chi connectivity index (χ0n) is 8.27. The fourth-order valence-corrected chi connectivity index (χ4v) is 3.56. The molecule has 3 nitrogen and oxygen atoms in total. The number of thioether (sulfide) groups is 1. The second-order valence-electron chi connectivity index (χ2n) is 2.89. The molecule has 2 rings (SSSR count). The molecule has 0 aliphatic carbocycles. The molecular formula is C9H11N3S3. The van der Waals surface area contributed by atoms with Crippen molar-refractivity contribution in [2.45, 2.75) is 23.3 Å². The highest BCUT2D eigenvalue weighted by atomic mass is 32.2. The first kappa shape index (κ1) is 10.9. The predicted octanol–water partition coefficient (Wildman–Crippen LogP) is 3.04. The van der Waals surface area contributed by atoms with Gasteiger partial charge < -0.3 is 5.73 Å². The van der Waals surface area contributed by atoms with Gasteiger partial charge in [-0.1, -0.05) is 18.3 Å². The van der Waals surface area contributed by atoms with Crippen LogP contribution in [0.15, 0.2) is 15.8 Å². The summed E-state index contributed by atoms with van der Waals surface area (Å²) in [4.78, 5) is 8.51. The molecule has 2 N–H and O–H groups in total. The lowest BCUT2D eigenvalue weighted by Crippen LogP contribution is -1.81. The second-order valence-corrected chi connectivity index (χ2v) is 6.17.